The first-order chi connectivity index (χ1) is 18.0. The zero-order valence-electron chi connectivity index (χ0n) is 21.9. The third-order valence-electron chi connectivity index (χ3n) is 7.74. The fourth-order valence-electron chi connectivity index (χ4n) is 5.37. The third-order valence-corrected chi connectivity index (χ3v) is 9.65. The van der Waals surface area contributed by atoms with Crippen molar-refractivity contribution in [1.82, 2.24) is 24.1 Å². The molecule has 3 aromatic rings. The number of hydrogen-bond donors (Lipinski definition) is 1. The van der Waals surface area contributed by atoms with E-state index in [9.17, 15) is 8.42 Å². The molecule has 1 saturated heterocycles. The highest BCUT2D eigenvalue weighted by Crippen LogP contribution is 2.37. The summed E-state index contributed by atoms with van der Waals surface area (Å²) in [5.41, 5.74) is 2.50. The Morgan fingerprint density at radius 2 is 1.78 bits per heavy atom. The number of sulfonamides is 1. The van der Waals surface area contributed by atoms with E-state index in [0.29, 0.717) is 43.2 Å². The zero-order valence-corrected chi connectivity index (χ0v) is 22.7. The van der Waals surface area contributed by atoms with Crippen molar-refractivity contribution in [3.8, 4) is 11.3 Å². The Balaban J connectivity index is 1.48. The van der Waals surface area contributed by atoms with Crippen LogP contribution in [0.4, 0.5) is 5.95 Å². The first-order valence-corrected chi connectivity index (χ1v) is 15.1. The second-order valence-corrected chi connectivity index (χ2v) is 12.1. The van der Waals surface area contributed by atoms with E-state index in [1.807, 2.05) is 18.3 Å². The van der Waals surface area contributed by atoms with Crippen LogP contribution in [-0.4, -0.2) is 65.3 Å². The monoisotopic (exact) mass is 526 g/mol. The minimum Gasteiger partial charge on any atom is -0.379 e. The molecule has 5 rings (SSSR count). The highest BCUT2D eigenvalue weighted by atomic mass is 32.2. The average molecular weight is 527 g/mol. The average Bonchev–Trinajstić information content (AvgIpc) is 3.33. The quantitative estimate of drug-likeness (QED) is 0.397. The number of nitrogens with one attached hydrogen (secondary N) is 1. The van der Waals surface area contributed by atoms with Crippen molar-refractivity contribution in [2.45, 2.75) is 69.7 Å². The van der Waals surface area contributed by atoms with Gasteiger partial charge in [0.05, 0.1) is 29.5 Å². The van der Waals surface area contributed by atoms with Gasteiger partial charge >= 0.3 is 0 Å². The lowest BCUT2D eigenvalue weighted by atomic mass is 9.84. The Labute approximate surface area is 219 Å². The van der Waals surface area contributed by atoms with Gasteiger partial charge in [0.25, 0.3) is 0 Å². The molecule has 1 aliphatic carbocycles. The van der Waals surface area contributed by atoms with Crippen molar-refractivity contribution < 1.29 is 13.2 Å². The van der Waals surface area contributed by atoms with Crippen LogP contribution in [0, 0.1) is 5.92 Å². The summed E-state index contributed by atoms with van der Waals surface area (Å²) in [6.45, 7) is 6.89. The maximum absolute atomic E-state index is 13.1. The molecule has 200 valence electrons. The minimum atomic E-state index is -3.55. The van der Waals surface area contributed by atoms with Crippen molar-refractivity contribution in [2.75, 3.05) is 38.2 Å². The summed E-state index contributed by atoms with van der Waals surface area (Å²) in [5, 5.41) is 9.30. The first kappa shape index (κ1) is 26.1. The number of morpholine rings is 1. The summed E-state index contributed by atoms with van der Waals surface area (Å²) in [4.78, 5) is 9.76. The van der Waals surface area contributed by atoms with Crippen LogP contribution in [0.5, 0.6) is 0 Å². The second kappa shape index (κ2) is 11.4. The molecule has 0 bridgehead atoms. The van der Waals surface area contributed by atoms with Crippen LogP contribution >= 0.6 is 0 Å². The van der Waals surface area contributed by atoms with Gasteiger partial charge in [-0.05, 0) is 50.2 Å². The van der Waals surface area contributed by atoms with Gasteiger partial charge in [-0.1, -0.05) is 38.8 Å². The molecule has 9 nitrogen and oxygen atoms in total. The summed E-state index contributed by atoms with van der Waals surface area (Å²) in [5.74, 6) is 1.42. The van der Waals surface area contributed by atoms with E-state index in [4.69, 9.17) is 14.8 Å². The predicted octanol–water partition coefficient (Wildman–Crippen LogP) is 4.87. The molecule has 2 fully saturated rings. The van der Waals surface area contributed by atoms with Gasteiger partial charge in [-0.25, -0.2) is 18.1 Å². The van der Waals surface area contributed by atoms with E-state index in [1.165, 1.54) is 23.6 Å². The zero-order chi connectivity index (χ0) is 25.8. The van der Waals surface area contributed by atoms with Gasteiger partial charge in [0.2, 0.25) is 16.0 Å². The van der Waals surface area contributed by atoms with E-state index >= 15 is 0 Å². The van der Waals surface area contributed by atoms with Gasteiger partial charge in [0.15, 0.2) is 5.65 Å². The summed E-state index contributed by atoms with van der Waals surface area (Å²) in [7, 11) is -3.55. The number of benzene rings is 1. The number of nitrogens with zero attached hydrogens (tertiary/aromatic N) is 5. The summed E-state index contributed by atoms with van der Waals surface area (Å²) >= 11 is 0. The molecule has 0 unspecified atom stereocenters. The molecule has 1 aromatic carbocycles. The molecule has 1 aliphatic heterocycles. The van der Waals surface area contributed by atoms with Gasteiger partial charge in [-0.15, -0.1) is 0 Å². The molecular weight excluding hydrogens is 488 g/mol. The number of rotatable bonds is 9. The second-order valence-electron chi connectivity index (χ2n) is 10.1. The Kier molecular flexibility index (Phi) is 8.07. The van der Waals surface area contributed by atoms with E-state index in [-0.39, 0.29) is 0 Å². The van der Waals surface area contributed by atoms with Gasteiger partial charge in [0, 0.05) is 31.4 Å². The molecule has 37 heavy (non-hydrogen) atoms. The standard InChI is InChI=1S/C27H38N6O3S/c1-3-5-14-28-27-29-19-24-25(31-33(26(24)30-27)22-10-6-20(4-2)7-11-22)21-8-12-23(13-9-21)37(34,35)32-15-17-36-18-16-32/h8-9,12-13,19-20,22H,3-7,10-11,14-18H2,1-2H3,(H,28,29,30). The lowest BCUT2D eigenvalue weighted by Crippen LogP contribution is -2.40. The number of fused-ring (bicyclic) bond motifs is 1. The van der Waals surface area contributed by atoms with Crippen LogP contribution in [0.15, 0.2) is 35.4 Å². The fraction of sp³-hybridized carbons (Fsp3) is 0.593. The molecular formula is C27H38N6O3S. The summed E-state index contributed by atoms with van der Waals surface area (Å²) in [6, 6.07) is 7.36. The SMILES string of the molecule is CCCCNc1ncc2c(-c3ccc(S(=O)(=O)N4CCOCC4)cc3)nn(C3CCC(CC)CC3)c2n1. The predicted molar refractivity (Wildman–Crippen MR) is 145 cm³/mol. The molecule has 2 aliphatic rings. The van der Waals surface area contributed by atoms with Crippen LogP contribution in [0.2, 0.25) is 0 Å². The lowest BCUT2D eigenvalue weighted by molar-refractivity contribution is 0.0730. The number of hydrogen-bond acceptors (Lipinski definition) is 7. The van der Waals surface area contributed by atoms with E-state index in [1.54, 1.807) is 12.1 Å². The molecule has 0 radical (unpaired) electrons. The molecule has 3 heterocycles. The maximum Gasteiger partial charge on any atom is 0.243 e. The third kappa shape index (κ3) is 5.51. The lowest BCUT2D eigenvalue weighted by Gasteiger charge is -2.28. The largest absolute Gasteiger partial charge is 0.379 e. The van der Waals surface area contributed by atoms with Gasteiger partial charge in [-0.3, -0.25) is 0 Å². The van der Waals surface area contributed by atoms with Crippen molar-refractivity contribution in [3.63, 3.8) is 0 Å². The van der Waals surface area contributed by atoms with Crippen LogP contribution in [0.25, 0.3) is 22.3 Å². The fourth-order valence-corrected chi connectivity index (χ4v) is 6.78. The molecule has 0 amide bonds. The van der Waals surface area contributed by atoms with Crippen LogP contribution in [0.1, 0.15) is 64.8 Å². The molecule has 1 saturated carbocycles. The highest BCUT2D eigenvalue weighted by molar-refractivity contribution is 7.89. The Hall–Kier alpha value is -2.56. The number of unbranched alkanes of at least 4 members (excludes halogenated alkanes) is 1. The van der Waals surface area contributed by atoms with Crippen LogP contribution in [-0.2, 0) is 14.8 Å². The number of anilines is 1. The molecule has 10 heteroatoms. The smallest absolute Gasteiger partial charge is 0.243 e. The van der Waals surface area contributed by atoms with E-state index in [0.717, 1.165) is 60.4 Å². The van der Waals surface area contributed by atoms with Crippen LogP contribution in [0.3, 0.4) is 0 Å². The summed E-state index contributed by atoms with van der Waals surface area (Å²) < 4.78 is 35.1. The van der Waals surface area contributed by atoms with Crippen molar-refractivity contribution in [3.05, 3.63) is 30.5 Å². The highest BCUT2D eigenvalue weighted by Gasteiger charge is 2.28. The van der Waals surface area contributed by atoms with Crippen molar-refractivity contribution in [2.24, 2.45) is 5.92 Å². The Morgan fingerprint density at radius 1 is 1.05 bits per heavy atom. The Bertz CT molecular complexity index is 1290. The Morgan fingerprint density at radius 3 is 2.46 bits per heavy atom. The van der Waals surface area contributed by atoms with E-state index in [2.05, 4.69) is 28.8 Å². The molecule has 2 aromatic heterocycles. The molecule has 0 atom stereocenters. The van der Waals surface area contributed by atoms with Gasteiger partial charge < -0.3 is 10.1 Å². The minimum absolute atomic E-state index is 0.290. The number of ether oxygens (including phenoxy) is 1. The molecule has 0 spiro atoms. The van der Waals surface area contributed by atoms with Crippen LogP contribution < -0.4 is 5.32 Å². The van der Waals surface area contributed by atoms with E-state index < -0.39 is 10.0 Å². The van der Waals surface area contributed by atoms with Crippen molar-refractivity contribution in [1.29, 1.82) is 0 Å². The topological polar surface area (TPSA) is 102 Å². The summed E-state index contributed by atoms with van der Waals surface area (Å²) in [6.07, 6.45) is 9.85. The molecule has 1 N–H and O–H groups in total. The van der Waals surface area contributed by atoms with Crippen molar-refractivity contribution >= 4 is 27.0 Å². The first-order valence-electron chi connectivity index (χ1n) is 13.7. The number of aromatic nitrogens is 4. The van der Waals surface area contributed by atoms with Gasteiger partial charge in [-0.2, -0.15) is 14.4 Å². The normalized spacial score (nSPS) is 21.4. The van der Waals surface area contributed by atoms with Gasteiger partial charge in [0.1, 0.15) is 5.69 Å². The maximum atomic E-state index is 13.1.